The number of rotatable bonds is 5. The number of nitro groups is 1. The van der Waals surface area contributed by atoms with Gasteiger partial charge in [0.2, 0.25) is 0 Å². The summed E-state index contributed by atoms with van der Waals surface area (Å²) in [4.78, 5) is 21.4. The summed E-state index contributed by atoms with van der Waals surface area (Å²) < 4.78 is 0. The smallest absolute Gasteiger partial charge is 0.269 e. The van der Waals surface area contributed by atoms with E-state index < -0.39 is 16.9 Å². The van der Waals surface area contributed by atoms with Crippen LogP contribution in [0.25, 0.3) is 0 Å². The number of hydrogen-bond donors (Lipinski definition) is 2. The van der Waals surface area contributed by atoms with Crippen molar-refractivity contribution in [1.82, 2.24) is 5.32 Å². The number of amides is 1. The maximum Gasteiger partial charge on any atom is 0.269 e. The van der Waals surface area contributed by atoms with Crippen molar-refractivity contribution in [2.45, 2.75) is 6.10 Å². The molecule has 6 nitrogen and oxygen atoms in total. The summed E-state index contributed by atoms with van der Waals surface area (Å²) in [6, 6.07) is 5.18. The van der Waals surface area contributed by atoms with E-state index in [0.29, 0.717) is 0 Å². The van der Waals surface area contributed by atoms with Gasteiger partial charge in [0.25, 0.3) is 11.6 Å². The fraction of sp³-hybridized carbons (Fsp3) is 0.300. The Morgan fingerprint density at radius 3 is 2.53 bits per heavy atom. The van der Waals surface area contributed by atoms with Gasteiger partial charge in [-0.2, -0.15) is 0 Å². The number of non-ortho nitro benzene ring substituents is 1. The summed E-state index contributed by atoms with van der Waals surface area (Å²) in [7, 11) is 0. The normalized spacial score (nSPS) is 11.9. The van der Waals surface area contributed by atoms with Gasteiger partial charge >= 0.3 is 0 Å². The van der Waals surface area contributed by atoms with Crippen LogP contribution in [-0.4, -0.2) is 34.5 Å². The molecule has 1 amide bonds. The molecular formula is C10H11ClN2O4. The lowest BCUT2D eigenvalue weighted by molar-refractivity contribution is -0.384. The molecule has 0 aliphatic heterocycles. The highest BCUT2D eigenvalue weighted by molar-refractivity contribution is 6.18. The van der Waals surface area contributed by atoms with Crippen molar-refractivity contribution in [1.29, 1.82) is 0 Å². The van der Waals surface area contributed by atoms with Gasteiger partial charge in [0, 0.05) is 24.2 Å². The van der Waals surface area contributed by atoms with Crippen LogP contribution in [0.15, 0.2) is 24.3 Å². The van der Waals surface area contributed by atoms with Gasteiger partial charge in [0.15, 0.2) is 0 Å². The highest BCUT2D eigenvalue weighted by Gasteiger charge is 2.10. The quantitative estimate of drug-likeness (QED) is 0.467. The Balaban J connectivity index is 2.61. The predicted molar refractivity (Wildman–Crippen MR) is 62.2 cm³/mol. The lowest BCUT2D eigenvalue weighted by Crippen LogP contribution is -2.32. The zero-order valence-corrected chi connectivity index (χ0v) is 9.55. The van der Waals surface area contributed by atoms with Crippen LogP contribution < -0.4 is 5.32 Å². The molecule has 0 radical (unpaired) electrons. The summed E-state index contributed by atoms with van der Waals surface area (Å²) in [5, 5.41) is 22.0. The Morgan fingerprint density at radius 1 is 1.47 bits per heavy atom. The van der Waals surface area contributed by atoms with Crippen molar-refractivity contribution >= 4 is 23.2 Å². The Hall–Kier alpha value is -1.66. The molecule has 1 rings (SSSR count). The third kappa shape index (κ3) is 4.01. The average molecular weight is 259 g/mol. The number of nitrogens with one attached hydrogen (secondary N) is 1. The Bertz CT molecular complexity index is 407. The van der Waals surface area contributed by atoms with Gasteiger partial charge in [-0.25, -0.2) is 0 Å². The number of alkyl halides is 1. The third-order valence-electron chi connectivity index (χ3n) is 2.02. The van der Waals surface area contributed by atoms with E-state index in [1.807, 2.05) is 0 Å². The lowest BCUT2D eigenvalue weighted by Gasteiger charge is -2.08. The second-order valence-electron chi connectivity index (χ2n) is 3.32. The van der Waals surface area contributed by atoms with Gasteiger partial charge in [0.05, 0.1) is 16.9 Å². The van der Waals surface area contributed by atoms with Gasteiger partial charge in [0.1, 0.15) is 0 Å². The molecule has 1 aromatic rings. The van der Waals surface area contributed by atoms with Gasteiger partial charge in [-0.05, 0) is 12.1 Å². The summed E-state index contributed by atoms with van der Waals surface area (Å²) >= 11 is 5.36. The number of aliphatic hydroxyl groups excluding tert-OH is 1. The number of carbonyl (C=O) groups is 1. The fourth-order valence-electron chi connectivity index (χ4n) is 1.10. The molecule has 0 bridgehead atoms. The number of hydrogen-bond acceptors (Lipinski definition) is 4. The van der Waals surface area contributed by atoms with Crippen molar-refractivity contribution < 1.29 is 14.8 Å². The highest BCUT2D eigenvalue weighted by Crippen LogP contribution is 2.11. The zero-order valence-electron chi connectivity index (χ0n) is 8.80. The summed E-state index contributed by atoms with van der Waals surface area (Å²) in [5.74, 6) is -0.385. The number of carbonyl (C=O) groups excluding carboxylic acids is 1. The first kappa shape index (κ1) is 13.4. The number of aliphatic hydroxyl groups is 1. The molecule has 0 saturated carbocycles. The first-order valence-electron chi connectivity index (χ1n) is 4.81. The first-order chi connectivity index (χ1) is 8.04. The molecule has 0 saturated heterocycles. The van der Waals surface area contributed by atoms with Crippen molar-refractivity contribution in [2.24, 2.45) is 0 Å². The second kappa shape index (κ2) is 6.17. The van der Waals surface area contributed by atoms with Gasteiger partial charge in [-0.15, -0.1) is 11.6 Å². The summed E-state index contributed by atoms with van der Waals surface area (Å²) in [6.07, 6.45) is -0.807. The van der Waals surface area contributed by atoms with E-state index in [9.17, 15) is 14.9 Å². The Labute approximate surface area is 102 Å². The molecule has 0 spiro atoms. The molecule has 0 unspecified atom stereocenters. The first-order valence-corrected chi connectivity index (χ1v) is 5.34. The van der Waals surface area contributed by atoms with Crippen LogP contribution in [-0.2, 0) is 0 Å². The van der Waals surface area contributed by atoms with Gasteiger partial charge in [-0.1, -0.05) is 0 Å². The largest absolute Gasteiger partial charge is 0.390 e. The van der Waals surface area contributed by atoms with E-state index in [-0.39, 0.29) is 23.7 Å². The fourth-order valence-corrected chi connectivity index (χ4v) is 1.21. The van der Waals surface area contributed by atoms with E-state index in [2.05, 4.69) is 5.32 Å². The molecule has 0 aliphatic carbocycles. The molecule has 1 atom stereocenters. The maximum atomic E-state index is 11.5. The minimum atomic E-state index is -0.807. The van der Waals surface area contributed by atoms with Crippen LogP contribution in [0.2, 0.25) is 0 Å². The predicted octanol–water partition coefficient (Wildman–Crippen LogP) is 0.924. The SMILES string of the molecule is O=C(NC[C@@H](O)CCl)c1ccc([N+](=O)[O-])cc1. The average Bonchev–Trinajstić information content (AvgIpc) is 2.35. The van der Waals surface area contributed by atoms with Crippen molar-refractivity contribution in [3.63, 3.8) is 0 Å². The van der Waals surface area contributed by atoms with E-state index in [1.165, 1.54) is 24.3 Å². The van der Waals surface area contributed by atoms with Crippen molar-refractivity contribution in [2.75, 3.05) is 12.4 Å². The standard InChI is InChI=1S/C10H11ClN2O4/c11-5-9(14)6-12-10(15)7-1-3-8(4-2-7)13(16)17/h1-4,9,14H,5-6H2,(H,12,15)/t9-/m0/s1. The van der Waals surface area contributed by atoms with E-state index in [0.717, 1.165) is 0 Å². The maximum absolute atomic E-state index is 11.5. The summed E-state index contributed by atoms with van der Waals surface area (Å²) in [5.41, 5.74) is 0.208. The number of benzene rings is 1. The molecule has 0 aromatic heterocycles. The monoisotopic (exact) mass is 258 g/mol. The van der Waals surface area contributed by atoms with Crippen molar-refractivity contribution in [3.8, 4) is 0 Å². The highest BCUT2D eigenvalue weighted by atomic mass is 35.5. The lowest BCUT2D eigenvalue weighted by atomic mass is 10.2. The molecule has 0 fully saturated rings. The summed E-state index contributed by atoms with van der Waals surface area (Å²) in [6.45, 7) is 0.0410. The van der Waals surface area contributed by atoms with Crippen LogP contribution in [0.1, 0.15) is 10.4 Å². The number of halogens is 1. The topological polar surface area (TPSA) is 92.5 Å². The van der Waals surface area contributed by atoms with E-state index in [1.54, 1.807) is 0 Å². The van der Waals surface area contributed by atoms with E-state index in [4.69, 9.17) is 16.7 Å². The van der Waals surface area contributed by atoms with Crippen molar-refractivity contribution in [3.05, 3.63) is 39.9 Å². The molecule has 0 aliphatic rings. The molecular weight excluding hydrogens is 248 g/mol. The van der Waals surface area contributed by atoms with Gasteiger partial charge in [-0.3, -0.25) is 14.9 Å². The zero-order chi connectivity index (χ0) is 12.8. The molecule has 92 valence electrons. The molecule has 1 aromatic carbocycles. The Morgan fingerprint density at radius 2 is 2.06 bits per heavy atom. The van der Waals surface area contributed by atoms with Gasteiger partial charge < -0.3 is 10.4 Å². The number of nitro benzene ring substituents is 1. The molecule has 7 heteroatoms. The molecule has 17 heavy (non-hydrogen) atoms. The third-order valence-corrected chi connectivity index (χ3v) is 2.37. The molecule has 2 N–H and O–H groups in total. The van der Waals surface area contributed by atoms with Crippen LogP contribution in [0.5, 0.6) is 0 Å². The van der Waals surface area contributed by atoms with Crippen LogP contribution in [0, 0.1) is 10.1 Å². The van der Waals surface area contributed by atoms with Crippen LogP contribution in [0.4, 0.5) is 5.69 Å². The number of nitrogens with zero attached hydrogens (tertiary/aromatic N) is 1. The minimum absolute atomic E-state index is 0.0283. The van der Waals surface area contributed by atoms with Crippen LogP contribution >= 0.6 is 11.6 Å². The van der Waals surface area contributed by atoms with E-state index >= 15 is 0 Å². The Kier molecular flexibility index (Phi) is 4.86. The second-order valence-corrected chi connectivity index (χ2v) is 3.63. The molecule has 0 heterocycles. The van der Waals surface area contributed by atoms with Crippen LogP contribution in [0.3, 0.4) is 0 Å². The minimum Gasteiger partial charge on any atom is -0.390 e.